The van der Waals surface area contributed by atoms with Crippen LogP contribution in [0.15, 0.2) is 46.0 Å². The molecule has 0 fully saturated rings. The number of alkyl halides is 2. The fourth-order valence-corrected chi connectivity index (χ4v) is 2.80. The zero-order valence-electron chi connectivity index (χ0n) is 17.1. The number of hydrogen-bond acceptors (Lipinski definition) is 5. The molecule has 0 saturated heterocycles. The summed E-state index contributed by atoms with van der Waals surface area (Å²) in [4.78, 5) is 6.22. The first-order valence-electron chi connectivity index (χ1n) is 9.30. The predicted octanol–water partition coefficient (Wildman–Crippen LogP) is 3.25. The molecule has 0 spiro atoms. The molecule has 0 aliphatic carbocycles. The molecule has 29 heavy (non-hydrogen) atoms. The van der Waals surface area contributed by atoms with E-state index in [9.17, 15) is 8.78 Å². The van der Waals surface area contributed by atoms with Crippen LogP contribution in [-0.4, -0.2) is 51.8 Å². The first-order chi connectivity index (χ1) is 14.0. The van der Waals surface area contributed by atoms with Crippen molar-refractivity contribution in [1.82, 2.24) is 15.5 Å². The van der Waals surface area contributed by atoms with Crippen LogP contribution in [0.3, 0.4) is 0 Å². The number of ether oxygens (including phenoxy) is 2. The number of likely N-dealkylation sites (N-methyl/N-ethyl adjacent to an activating group) is 1. The van der Waals surface area contributed by atoms with Gasteiger partial charge in [-0.2, -0.15) is 8.78 Å². The van der Waals surface area contributed by atoms with E-state index in [4.69, 9.17) is 13.9 Å². The summed E-state index contributed by atoms with van der Waals surface area (Å²) in [5, 5.41) is 6.34. The van der Waals surface area contributed by atoms with Crippen molar-refractivity contribution in [2.24, 2.45) is 4.99 Å². The number of aliphatic imine (C=N–C) groups is 1. The largest absolute Gasteiger partial charge is 0.490 e. The Labute approximate surface area is 169 Å². The van der Waals surface area contributed by atoms with Crippen LogP contribution in [0.2, 0.25) is 0 Å². The summed E-state index contributed by atoms with van der Waals surface area (Å²) in [5.41, 5.74) is 0.536. The predicted molar refractivity (Wildman–Crippen MR) is 108 cm³/mol. The topological polar surface area (TPSA) is 71.3 Å². The lowest BCUT2D eigenvalue weighted by Gasteiger charge is -2.24. The van der Waals surface area contributed by atoms with Gasteiger partial charge in [0.25, 0.3) is 0 Å². The molecule has 7 nitrogen and oxygen atoms in total. The number of guanidine groups is 1. The van der Waals surface area contributed by atoms with Crippen molar-refractivity contribution >= 4 is 5.96 Å². The molecule has 2 N–H and O–H groups in total. The Kier molecular flexibility index (Phi) is 8.72. The van der Waals surface area contributed by atoms with Crippen molar-refractivity contribution in [3.8, 4) is 11.5 Å². The quantitative estimate of drug-likeness (QED) is 0.463. The van der Waals surface area contributed by atoms with Crippen LogP contribution in [0.4, 0.5) is 8.78 Å². The van der Waals surface area contributed by atoms with E-state index in [1.807, 2.05) is 31.1 Å². The Morgan fingerprint density at radius 2 is 2.00 bits per heavy atom. The number of nitrogens with zero attached hydrogens (tertiary/aromatic N) is 2. The van der Waals surface area contributed by atoms with Gasteiger partial charge in [0.2, 0.25) is 0 Å². The van der Waals surface area contributed by atoms with Gasteiger partial charge >= 0.3 is 6.61 Å². The van der Waals surface area contributed by atoms with E-state index >= 15 is 0 Å². The molecule has 1 aromatic heterocycles. The number of benzene rings is 1. The molecule has 0 saturated carbocycles. The molecule has 0 aliphatic rings. The van der Waals surface area contributed by atoms with E-state index in [0.717, 1.165) is 5.76 Å². The first-order valence-corrected chi connectivity index (χ1v) is 9.30. The number of nitrogens with one attached hydrogen (secondary N) is 2. The average molecular weight is 410 g/mol. The van der Waals surface area contributed by atoms with Crippen LogP contribution in [0.1, 0.15) is 24.3 Å². The highest BCUT2D eigenvalue weighted by molar-refractivity contribution is 5.79. The second kappa shape index (κ2) is 11.3. The van der Waals surface area contributed by atoms with Crippen LogP contribution in [-0.2, 0) is 6.54 Å². The third-order valence-corrected chi connectivity index (χ3v) is 4.19. The van der Waals surface area contributed by atoms with Gasteiger partial charge in [0.05, 0.1) is 18.9 Å². The molecule has 0 amide bonds. The Bertz CT molecular complexity index is 767. The number of rotatable bonds is 10. The smallest absolute Gasteiger partial charge is 0.387 e. The van der Waals surface area contributed by atoms with Crippen molar-refractivity contribution in [2.45, 2.75) is 26.1 Å². The summed E-state index contributed by atoms with van der Waals surface area (Å²) in [6.45, 7) is -0.0428. The molecular weight excluding hydrogens is 382 g/mol. The van der Waals surface area contributed by atoms with Gasteiger partial charge in [-0.15, -0.1) is 0 Å². The van der Waals surface area contributed by atoms with Crippen molar-refractivity contribution in [3.63, 3.8) is 0 Å². The Morgan fingerprint density at radius 1 is 1.21 bits per heavy atom. The maximum Gasteiger partial charge on any atom is 0.387 e. The summed E-state index contributed by atoms with van der Waals surface area (Å²) >= 11 is 0. The van der Waals surface area contributed by atoms with Crippen LogP contribution >= 0.6 is 0 Å². The third-order valence-electron chi connectivity index (χ3n) is 4.19. The fourth-order valence-electron chi connectivity index (χ4n) is 2.80. The van der Waals surface area contributed by atoms with Crippen LogP contribution < -0.4 is 20.1 Å². The van der Waals surface area contributed by atoms with E-state index in [-0.39, 0.29) is 24.1 Å². The zero-order chi connectivity index (χ0) is 21.2. The maximum absolute atomic E-state index is 12.9. The van der Waals surface area contributed by atoms with Crippen molar-refractivity contribution in [1.29, 1.82) is 0 Å². The van der Waals surface area contributed by atoms with Gasteiger partial charge < -0.3 is 24.5 Å². The van der Waals surface area contributed by atoms with Crippen molar-refractivity contribution < 1.29 is 22.7 Å². The molecule has 2 rings (SSSR count). The van der Waals surface area contributed by atoms with E-state index in [0.29, 0.717) is 24.7 Å². The highest BCUT2D eigenvalue weighted by Gasteiger charge is 2.18. The van der Waals surface area contributed by atoms with Gasteiger partial charge in [-0.1, -0.05) is 12.1 Å². The second-order valence-corrected chi connectivity index (χ2v) is 6.36. The summed E-state index contributed by atoms with van der Waals surface area (Å²) in [6, 6.07) is 8.79. The number of halogens is 2. The van der Waals surface area contributed by atoms with Crippen LogP contribution in [0.25, 0.3) is 0 Å². The van der Waals surface area contributed by atoms with Crippen molar-refractivity contribution in [2.75, 3.05) is 34.3 Å². The van der Waals surface area contributed by atoms with E-state index in [1.165, 1.54) is 0 Å². The highest BCUT2D eigenvalue weighted by atomic mass is 19.3. The normalized spacial score (nSPS) is 12.9. The van der Waals surface area contributed by atoms with Crippen LogP contribution in [0.5, 0.6) is 11.5 Å². The summed E-state index contributed by atoms with van der Waals surface area (Å²) in [5.74, 6) is 1.65. The maximum atomic E-state index is 12.9. The van der Waals surface area contributed by atoms with Gasteiger partial charge in [-0.3, -0.25) is 9.89 Å². The standard InChI is InChI=1S/C20H28F2N4O3/c1-5-27-17-9-6-8-14(18(17)29-19(21)22)12-24-20(23-2)25-13-15(26(3)4)16-10-7-11-28-16/h6-11,15,19H,5,12-13H2,1-4H3,(H2,23,24,25). The lowest BCUT2D eigenvalue weighted by atomic mass is 10.2. The Hall–Kier alpha value is -2.81. The van der Waals surface area contributed by atoms with Gasteiger partial charge in [0.1, 0.15) is 5.76 Å². The number of para-hydroxylation sites is 1. The lowest BCUT2D eigenvalue weighted by molar-refractivity contribution is -0.0520. The zero-order valence-corrected chi connectivity index (χ0v) is 17.1. The minimum atomic E-state index is -2.94. The summed E-state index contributed by atoms with van der Waals surface area (Å²) in [6.07, 6.45) is 1.63. The highest BCUT2D eigenvalue weighted by Crippen LogP contribution is 2.32. The summed E-state index contributed by atoms with van der Waals surface area (Å²) < 4.78 is 41.3. The molecule has 0 bridgehead atoms. The molecule has 1 unspecified atom stereocenters. The minimum absolute atomic E-state index is 0.00237. The van der Waals surface area contributed by atoms with Crippen molar-refractivity contribution in [3.05, 3.63) is 47.9 Å². The van der Waals surface area contributed by atoms with Gasteiger partial charge in [-0.25, -0.2) is 0 Å². The van der Waals surface area contributed by atoms with E-state index in [1.54, 1.807) is 38.4 Å². The minimum Gasteiger partial charge on any atom is -0.490 e. The Balaban J connectivity index is 2.04. The average Bonchev–Trinajstić information content (AvgIpc) is 3.20. The first kappa shape index (κ1) is 22.5. The molecule has 1 heterocycles. The molecule has 9 heteroatoms. The van der Waals surface area contributed by atoms with E-state index in [2.05, 4.69) is 15.6 Å². The molecule has 160 valence electrons. The summed E-state index contributed by atoms with van der Waals surface area (Å²) in [7, 11) is 5.55. The molecule has 0 radical (unpaired) electrons. The van der Waals surface area contributed by atoms with Gasteiger partial charge in [0, 0.05) is 25.7 Å². The molecule has 1 atom stereocenters. The second-order valence-electron chi connectivity index (χ2n) is 6.36. The van der Waals surface area contributed by atoms with Gasteiger partial charge in [-0.05, 0) is 39.2 Å². The molecule has 0 aliphatic heterocycles. The van der Waals surface area contributed by atoms with Gasteiger partial charge in [0.15, 0.2) is 17.5 Å². The third kappa shape index (κ3) is 6.63. The van der Waals surface area contributed by atoms with Crippen LogP contribution in [0, 0.1) is 0 Å². The Morgan fingerprint density at radius 3 is 2.59 bits per heavy atom. The fraction of sp³-hybridized carbons (Fsp3) is 0.450. The number of furan rings is 1. The SMILES string of the molecule is CCOc1cccc(CNC(=NC)NCC(c2ccco2)N(C)C)c1OC(F)F. The molecule has 2 aromatic rings. The molecule has 1 aromatic carbocycles. The molecular formula is C20H28F2N4O3. The lowest BCUT2D eigenvalue weighted by Crippen LogP contribution is -2.41. The monoisotopic (exact) mass is 410 g/mol. The van der Waals surface area contributed by atoms with E-state index < -0.39 is 6.61 Å². The number of hydrogen-bond donors (Lipinski definition) is 2.